The molecular formula is C26H33N5O6S. The summed E-state index contributed by atoms with van der Waals surface area (Å²) in [6.07, 6.45) is 0.402. The van der Waals surface area contributed by atoms with Crippen LogP contribution >= 0.6 is 11.3 Å². The molecule has 1 aromatic heterocycles. The van der Waals surface area contributed by atoms with Crippen molar-refractivity contribution >= 4 is 34.9 Å². The molecule has 2 atom stereocenters. The number of benzene rings is 1. The maximum Gasteiger partial charge on any atom is 0.243 e. The molecule has 5 N–H and O–H groups in total. The maximum atomic E-state index is 13.1. The van der Waals surface area contributed by atoms with Crippen LogP contribution in [0.25, 0.3) is 0 Å². The predicted molar refractivity (Wildman–Crippen MR) is 141 cm³/mol. The third-order valence-electron chi connectivity index (χ3n) is 6.38. The normalized spacial score (nSPS) is 18.8. The molecule has 3 heterocycles. The van der Waals surface area contributed by atoms with Crippen molar-refractivity contribution in [2.75, 3.05) is 32.9 Å². The van der Waals surface area contributed by atoms with Gasteiger partial charge in [-0.15, -0.1) is 11.3 Å². The maximum absolute atomic E-state index is 13.1. The number of carbonyl (C=O) groups excluding carboxylic acids is 3. The molecule has 2 fully saturated rings. The molecule has 0 aliphatic carbocycles. The first-order valence-electron chi connectivity index (χ1n) is 12.5. The standard InChI is InChI=1S/C26H33N5O6S/c1-17(14-35-19-5-3-2-4-6-19)9-22(32)29-13-23(33)31-16-26(36-7-8-37-26)11-21(31)25(34)30-12-20-10-18(15-38-20)24(27)28/h2-6,10,15,17,21H,7-9,11-14,16H2,1H3,(H3,27,28)(H,29,32)(H,30,34). The second kappa shape index (κ2) is 12.4. The Morgan fingerprint density at radius 1 is 1.24 bits per heavy atom. The van der Waals surface area contributed by atoms with E-state index >= 15 is 0 Å². The fourth-order valence-corrected chi connectivity index (χ4v) is 5.25. The Hall–Kier alpha value is -3.48. The zero-order valence-electron chi connectivity index (χ0n) is 21.2. The summed E-state index contributed by atoms with van der Waals surface area (Å²) in [6.45, 7) is 3.15. The van der Waals surface area contributed by atoms with Gasteiger partial charge in [-0.05, 0) is 24.1 Å². The van der Waals surface area contributed by atoms with E-state index in [2.05, 4.69) is 10.6 Å². The van der Waals surface area contributed by atoms with Gasteiger partial charge in [-0.25, -0.2) is 0 Å². The number of likely N-dealkylation sites (tertiary alicyclic amines) is 1. The van der Waals surface area contributed by atoms with Crippen LogP contribution in [0.5, 0.6) is 5.75 Å². The minimum atomic E-state index is -1.02. The number of hydrogen-bond acceptors (Lipinski definition) is 8. The molecule has 204 valence electrons. The van der Waals surface area contributed by atoms with Crippen LogP contribution in [0.4, 0.5) is 0 Å². The van der Waals surface area contributed by atoms with E-state index < -0.39 is 17.7 Å². The number of hydrogen-bond donors (Lipinski definition) is 4. The van der Waals surface area contributed by atoms with Crippen molar-refractivity contribution in [1.29, 1.82) is 5.41 Å². The third kappa shape index (κ3) is 7.09. The van der Waals surface area contributed by atoms with Gasteiger partial charge in [0.05, 0.1) is 39.5 Å². The van der Waals surface area contributed by atoms with Crippen molar-refractivity contribution in [3.05, 3.63) is 52.2 Å². The number of rotatable bonds is 11. The monoisotopic (exact) mass is 543 g/mol. The van der Waals surface area contributed by atoms with Crippen LogP contribution in [0, 0.1) is 11.3 Å². The van der Waals surface area contributed by atoms with E-state index in [0.717, 1.165) is 10.6 Å². The average molecular weight is 544 g/mol. The number of carbonyl (C=O) groups is 3. The minimum Gasteiger partial charge on any atom is -0.493 e. The van der Waals surface area contributed by atoms with E-state index in [-0.39, 0.29) is 56.0 Å². The average Bonchev–Trinajstić information content (AvgIpc) is 3.66. The van der Waals surface area contributed by atoms with Gasteiger partial charge >= 0.3 is 0 Å². The number of amidine groups is 1. The van der Waals surface area contributed by atoms with Crippen LogP contribution in [-0.2, 0) is 30.4 Å². The molecule has 2 saturated heterocycles. The Bertz CT molecular complexity index is 1150. The van der Waals surface area contributed by atoms with E-state index in [1.165, 1.54) is 16.2 Å². The summed E-state index contributed by atoms with van der Waals surface area (Å²) in [5, 5.41) is 14.8. The molecule has 0 radical (unpaired) electrons. The van der Waals surface area contributed by atoms with Crippen molar-refractivity contribution in [1.82, 2.24) is 15.5 Å². The van der Waals surface area contributed by atoms with E-state index in [1.807, 2.05) is 37.3 Å². The van der Waals surface area contributed by atoms with Crippen LogP contribution < -0.4 is 21.1 Å². The van der Waals surface area contributed by atoms with Gasteiger partial charge in [-0.1, -0.05) is 25.1 Å². The van der Waals surface area contributed by atoms with Gasteiger partial charge in [0.25, 0.3) is 0 Å². The lowest BCUT2D eigenvalue weighted by molar-refractivity contribution is -0.152. The molecule has 2 aromatic rings. The Labute approximate surface area is 225 Å². The summed E-state index contributed by atoms with van der Waals surface area (Å²) < 4.78 is 17.2. The number of amides is 3. The van der Waals surface area contributed by atoms with E-state index in [1.54, 1.807) is 11.4 Å². The lowest BCUT2D eigenvalue weighted by atomic mass is 10.1. The largest absolute Gasteiger partial charge is 0.493 e. The molecule has 1 aromatic carbocycles. The first-order chi connectivity index (χ1) is 18.2. The second-order valence-corrected chi connectivity index (χ2v) is 10.5. The molecular weight excluding hydrogens is 510 g/mol. The SMILES string of the molecule is CC(COc1ccccc1)CC(=O)NCC(=O)N1CC2(CC1C(=O)NCc1cc(C(=N)N)cs1)OCCO2. The van der Waals surface area contributed by atoms with Crippen LogP contribution in [0.2, 0.25) is 0 Å². The number of ether oxygens (including phenoxy) is 3. The van der Waals surface area contributed by atoms with Crippen LogP contribution in [0.1, 0.15) is 30.2 Å². The molecule has 11 nitrogen and oxygen atoms in total. The number of para-hydroxylation sites is 1. The smallest absolute Gasteiger partial charge is 0.243 e. The van der Waals surface area contributed by atoms with Gasteiger partial charge in [0.2, 0.25) is 17.7 Å². The summed E-state index contributed by atoms with van der Waals surface area (Å²) >= 11 is 1.38. The molecule has 4 rings (SSSR count). The van der Waals surface area contributed by atoms with Gasteiger partial charge in [-0.2, -0.15) is 0 Å². The highest BCUT2D eigenvalue weighted by molar-refractivity contribution is 7.10. The highest BCUT2D eigenvalue weighted by Gasteiger charge is 2.52. The summed E-state index contributed by atoms with van der Waals surface area (Å²) in [7, 11) is 0. The van der Waals surface area contributed by atoms with Crippen LogP contribution in [-0.4, -0.2) is 73.2 Å². The quantitative estimate of drug-likeness (QED) is 0.245. The summed E-state index contributed by atoms with van der Waals surface area (Å²) in [5.41, 5.74) is 6.11. The summed E-state index contributed by atoms with van der Waals surface area (Å²) in [5.74, 6) is -1.39. The fraction of sp³-hybridized carbons (Fsp3) is 0.462. The van der Waals surface area contributed by atoms with Gasteiger partial charge in [-0.3, -0.25) is 19.8 Å². The van der Waals surface area contributed by atoms with E-state index in [9.17, 15) is 14.4 Å². The molecule has 0 bridgehead atoms. The lowest BCUT2D eigenvalue weighted by Gasteiger charge is -2.24. The number of nitrogen functional groups attached to an aromatic ring is 1. The van der Waals surface area contributed by atoms with Crippen molar-refractivity contribution in [2.45, 2.75) is 38.1 Å². The Morgan fingerprint density at radius 3 is 2.66 bits per heavy atom. The highest BCUT2D eigenvalue weighted by atomic mass is 32.1. The molecule has 2 aliphatic rings. The van der Waals surface area contributed by atoms with Crippen molar-refractivity contribution in [2.24, 2.45) is 11.7 Å². The zero-order valence-corrected chi connectivity index (χ0v) is 22.1. The predicted octanol–water partition coefficient (Wildman–Crippen LogP) is 1.21. The second-order valence-electron chi connectivity index (χ2n) is 9.49. The fourth-order valence-electron chi connectivity index (χ4n) is 4.43. The Morgan fingerprint density at radius 2 is 1.97 bits per heavy atom. The molecule has 1 spiro atoms. The van der Waals surface area contributed by atoms with Gasteiger partial charge in [0.15, 0.2) is 5.79 Å². The number of nitrogens with zero attached hydrogens (tertiary/aromatic N) is 1. The topological polar surface area (TPSA) is 156 Å². The molecule has 2 unspecified atom stereocenters. The molecule has 38 heavy (non-hydrogen) atoms. The van der Waals surface area contributed by atoms with E-state index in [0.29, 0.717) is 25.4 Å². The first-order valence-corrected chi connectivity index (χ1v) is 13.3. The van der Waals surface area contributed by atoms with Crippen LogP contribution in [0.15, 0.2) is 41.8 Å². The third-order valence-corrected chi connectivity index (χ3v) is 7.32. The Balaban J connectivity index is 1.29. The van der Waals surface area contributed by atoms with Crippen molar-refractivity contribution in [3.63, 3.8) is 0 Å². The molecule has 3 amide bonds. The number of thiophene rings is 1. The molecule has 12 heteroatoms. The van der Waals surface area contributed by atoms with Crippen molar-refractivity contribution < 1.29 is 28.6 Å². The summed E-state index contributed by atoms with van der Waals surface area (Å²) in [6, 6.07) is 10.3. The number of nitrogens with one attached hydrogen (secondary N) is 3. The highest BCUT2D eigenvalue weighted by Crippen LogP contribution is 2.35. The lowest BCUT2D eigenvalue weighted by Crippen LogP contribution is -2.49. The zero-order chi connectivity index (χ0) is 27.1. The van der Waals surface area contributed by atoms with Gasteiger partial charge < -0.3 is 35.5 Å². The van der Waals surface area contributed by atoms with Gasteiger partial charge in [0.1, 0.15) is 17.6 Å². The first kappa shape index (κ1) is 27.6. The molecule has 2 aliphatic heterocycles. The number of nitrogens with two attached hydrogens (primary N) is 1. The van der Waals surface area contributed by atoms with Crippen molar-refractivity contribution in [3.8, 4) is 5.75 Å². The Kier molecular flexibility index (Phi) is 8.97. The summed E-state index contributed by atoms with van der Waals surface area (Å²) in [4.78, 5) is 40.9. The van der Waals surface area contributed by atoms with Crippen LogP contribution in [0.3, 0.4) is 0 Å². The minimum absolute atomic E-state index is 0.0379. The molecule has 0 saturated carbocycles. The van der Waals surface area contributed by atoms with E-state index in [4.69, 9.17) is 25.4 Å². The van der Waals surface area contributed by atoms with Gasteiger partial charge in [0, 0.05) is 28.7 Å².